The number of hydrogen-bond acceptors (Lipinski definition) is 3. The van der Waals surface area contributed by atoms with Crippen LogP contribution in [0.3, 0.4) is 0 Å². The maximum absolute atomic E-state index is 12.8. The number of rotatable bonds is 4. The molecule has 1 saturated carbocycles. The van der Waals surface area contributed by atoms with Gasteiger partial charge in [-0.2, -0.15) is 11.8 Å². The second-order valence-corrected chi connectivity index (χ2v) is 7.66. The van der Waals surface area contributed by atoms with Crippen LogP contribution in [0.5, 0.6) is 0 Å². The maximum Gasteiger partial charge on any atom is 0.246 e. The van der Waals surface area contributed by atoms with Crippen molar-refractivity contribution < 1.29 is 9.59 Å². The fourth-order valence-corrected chi connectivity index (χ4v) is 4.60. The highest BCUT2D eigenvalue weighted by Gasteiger charge is 2.45. The van der Waals surface area contributed by atoms with Crippen LogP contribution in [-0.2, 0) is 9.59 Å². The highest BCUT2D eigenvalue weighted by atomic mass is 32.2. The van der Waals surface area contributed by atoms with Crippen LogP contribution in [0.1, 0.15) is 47.0 Å². The van der Waals surface area contributed by atoms with Gasteiger partial charge in [0.2, 0.25) is 11.8 Å². The third kappa shape index (κ3) is 2.83. The quantitative estimate of drug-likeness (QED) is 0.864. The SMILES string of the molecule is CCSC1CCCC1N1C(=O)C(C(C)C)NC(=O)C1C. The summed E-state index contributed by atoms with van der Waals surface area (Å²) < 4.78 is 0. The largest absolute Gasteiger partial charge is 0.342 e. The maximum atomic E-state index is 12.8. The van der Waals surface area contributed by atoms with Crippen LogP contribution in [-0.4, -0.2) is 45.8 Å². The van der Waals surface area contributed by atoms with E-state index in [1.54, 1.807) is 0 Å². The van der Waals surface area contributed by atoms with Crippen molar-refractivity contribution in [2.75, 3.05) is 5.75 Å². The molecule has 1 aliphatic heterocycles. The minimum atomic E-state index is -0.355. The van der Waals surface area contributed by atoms with Crippen LogP contribution in [0.4, 0.5) is 0 Å². The number of nitrogens with zero attached hydrogens (tertiary/aromatic N) is 1. The van der Waals surface area contributed by atoms with E-state index in [2.05, 4.69) is 12.2 Å². The van der Waals surface area contributed by atoms with Gasteiger partial charge in [-0.05, 0) is 31.4 Å². The van der Waals surface area contributed by atoms with E-state index < -0.39 is 0 Å². The molecule has 114 valence electrons. The number of nitrogens with one attached hydrogen (secondary N) is 1. The number of carbonyl (C=O) groups excluding carboxylic acids is 2. The van der Waals surface area contributed by atoms with Crippen molar-refractivity contribution >= 4 is 23.6 Å². The molecule has 0 aromatic rings. The molecule has 0 aromatic heterocycles. The molecule has 0 aromatic carbocycles. The highest BCUT2D eigenvalue weighted by Crippen LogP contribution is 2.35. The van der Waals surface area contributed by atoms with Gasteiger partial charge in [0.15, 0.2) is 0 Å². The van der Waals surface area contributed by atoms with Crippen molar-refractivity contribution in [3.8, 4) is 0 Å². The van der Waals surface area contributed by atoms with Gasteiger partial charge in [-0.1, -0.05) is 27.2 Å². The molecule has 0 radical (unpaired) electrons. The first-order valence-electron chi connectivity index (χ1n) is 7.71. The van der Waals surface area contributed by atoms with E-state index >= 15 is 0 Å². The summed E-state index contributed by atoms with van der Waals surface area (Å²) in [6, 6.07) is -0.457. The lowest BCUT2D eigenvalue weighted by molar-refractivity contribution is -0.152. The van der Waals surface area contributed by atoms with E-state index in [-0.39, 0.29) is 35.9 Å². The van der Waals surface area contributed by atoms with Crippen LogP contribution in [0.25, 0.3) is 0 Å². The van der Waals surface area contributed by atoms with Crippen molar-refractivity contribution in [3.05, 3.63) is 0 Å². The van der Waals surface area contributed by atoms with E-state index in [9.17, 15) is 9.59 Å². The zero-order valence-corrected chi connectivity index (χ0v) is 13.7. The fraction of sp³-hybridized carbons (Fsp3) is 0.867. The highest BCUT2D eigenvalue weighted by molar-refractivity contribution is 7.99. The third-order valence-electron chi connectivity index (χ3n) is 4.44. The average molecular weight is 298 g/mol. The summed E-state index contributed by atoms with van der Waals surface area (Å²) in [4.78, 5) is 26.8. The zero-order chi connectivity index (χ0) is 14.9. The molecule has 5 heteroatoms. The molecule has 1 heterocycles. The molecule has 1 saturated heterocycles. The average Bonchev–Trinajstić information content (AvgIpc) is 2.82. The van der Waals surface area contributed by atoms with Crippen LogP contribution in [0.2, 0.25) is 0 Å². The zero-order valence-electron chi connectivity index (χ0n) is 12.9. The molecule has 20 heavy (non-hydrogen) atoms. The summed E-state index contributed by atoms with van der Waals surface area (Å²) in [6.07, 6.45) is 3.35. The second-order valence-electron chi connectivity index (χ2n) is 6.14. The lowest BCUT2D eigenvalue weighted by Crippen LogP contribution is -2.66. The number of hydrogen-bond donors (Lipinski definition) is 1. The molecule has 4 nitrogen and oxygen atoms in total. The Morgan fingerprint density at radius 3 is 2.65 bits per heavy atom. The first-order chi connectivity index (χ1) is 9.47. The lowest BCUT2D eigenvalue weighted by atomic mass is 9.96. The molecule has 2 fully saturated rings. The number of thioether (sulfide) groups is 1. The van der Waals surface area contributed by atoms with Crippen molar-refractivity contribution in [3.63, 3.8) is 0 Å². The summed E-state index contributed by atoms with van der Waals surface area (Å²) in [5, 5.41) is 3.37. The van der Waals surface area contributed by atoms with Gasteiger partial charge >= 0.3 is 0 Å². The Labute approximate surface area is 126 Å². The first-order valence-corrected chi connectivity index (χ1v) is 8.76. The monoisotopic (exact) mass is 298 g/mol. The third-order valence-corrected chi connectivity index (χ3v) is 5.75. The molecule has 4 unspecified atom stereocenters. The summed E-state index contributed by atoms with van der Waals surface area (Å²) in [7, 11) is 0. The Morgan fingerprint density at radius 1 is 1.35 bits per heavy atom. The van der Waals surface area contributed by atoms with Crippen molar-refractivity contribution in [1.82, 2.24) is 10.2 Å². The van der Waals surface area contributed by atoms with Crippen molar-refractivity contribution in [1.29, 1.82) is 0 Å². The predicted molar refractivity (Wildman–Crippen MR) is 82.6 cm³/mol. The Balaban J connectivity index is 2.22. The van der Waals surface area contributed by atoms with E-state index in [1.807, 2.05) is 37.4 Å². The second kappa shape index (κ2) is 6.37. The number of piperazine rings is 1. The first kappa shape index (κ1) is 15.7. The van der Waals surface area contributed by atoms with Crippen LogP contribution in [0.15, 0.2) is 0 Å². The molecule has 1 aliphatic carbocycles. The van der Waals surface area contributed by atoms with Gasteiger partial charge in [0, 0.05) is 11.3 Å². The van der Waals surface area contributed by atoms with Gasteiger partial charge in [0.25, 0.3) is 0 Å². The van der Waals surface area contributed by atoms with Crippen LogP contribution >= 0.6 is 11.8 Å². The topological polar surface area (TPSA) is 49.4 Å². The van der Waals surface area contributed by atoms with Gasteiger partial charge in [-0.15, -0.1) is 0 Å². The summed E-state index contributed by atoms with van der Waals surface area (Å²) in [6.45, 7) is 7.99. The van der Waals surface area contributed by atoms with Gasteiger partial charge in [-0.3, -0.25) is 9.59 Å². The molecular weight excluding hydrogens is 272 g/mol. The van der Waals surface area contributed by atoms with Gasteiger partial charge in [-0.25, -0.2) is 0 Å². The van der Waals surface area contributed by atoms with Crippen LogP contribution in [0, 0.1) is 5.92 Å². The van der Waals surface area contributed by atoms with E-state index in [1.165, 1.54) is 0 Å². The van der Waals surface area contributed by atoms with Gasteiger partial charge in [0.1, 0.15) is 12.1 Å². The standard InChI is InChI=1S/C15H26N2O2S/c1-5-20-12-8-6-7-11(12)17-10(4)14(18)16-13(9(2)3)15(17)19/h9-13H,5-8H2,1-4H3,(H,16,18). The number of amides is 2. The van der Waals surface area contributed by atoms with Gasteiger partial charge in [0.05, 0.1) is 0 Å². The molecule has 2 amide bonds. The lowest BCUT2D eigenvalue weighted by Gasteiger charge is -2.43. The molecule has 4 atom stereocenters. The Morgan fingerprint density at radius 2 is 2.05 bits per heavy atom. The Bertz CT molecular complexity index is 386. The van der Waals surface area contributed by atoms with Gasteiger partial charge < -0.3 is 10.2 Å². The summed E-state index contributed by atoms with van der Waals surface area (Å²) in [5.74, 6) is 1.31. The number of carbonyl (C=O) groups is 2. The predicted octanol–water partition coefficient (Wildman–Crippen LogP) is 2.03. The van der Waals surface area contributed by atoms with Crippen molar-refractivity contribution in [2.24, 2.45) is 5.92 Å². The normalized spacial score (nSPS) is 34.8. The molecule has 2 rings (SSSR count). The summed E-state index contributed by atoms with van der Waals surface area (Å²) in [5.41, 5.74) is 0. The minimum absolute atomic E-state index is 0.00421. The fourth-order valence-electron chi connectivity index (χ4n) is 3.35. The smallest absolute Gasteiger partial charge is 0.246 e. The Kier molecular flexibility index (Phi) is 4.99. The molecule has 0 bridgehead atoms. The van der Waals surface area contributed by atoms with Crippen LogP contribution < -0.4 is 5.32 Å². The minimum Gasteiger partial charge on any atom is -0.342 e. The molecule has 0 spiro atoms. The van der Waals surface area contributed by atoms with E-state index in [4.69, 9.17) is 0 Å². The van der Waals surface area contributed by atoms with E-state index in [0.29, 0.717) is 5.25 Å². The van der Waals surface area contributed by atoms with E-state index in [0.717, 1.165) is 25.0 Å². The summed E-state index contributed by atoms with van der Waals surface area (Å²) >= 11 is 1.93. The molecular formula is C15H26N2O2S. The Hall–Kier alpha value is -0.710. The molecule has 1 N–H and O–H groups in total. The molecule has 2 aliphatic rings. The van der Waals surface area contributed by atoms with Crippen molar-refractivity contribution in [2.45, 2.75) is 70.3 Å².